The van der Waals surface area contributed by atoms with E-state index in [0.29, 0.717) is 5.56 Å². The molecule has 7 heteroatoms. The van der Waals surface area contributed by atoms with E-state index in [1.165, 1.54) is 31.4 Å². The summed E-state index contributed by atoms with van der Waals surface area (Å²) in [5, 5.41) is 9.60. The minimum absolute atomic E-state index is 0.0179. The maximum Gasteiger partial charge on any atom is 0.387 e. The summed E-state index contributed by atoms with van der Waals surface area (Å²) < 4.78 is 33.2. The molecule has 0 saturated heterocycles. The lowest BCUT2D eigenvalue weighted by Gasteiger charge is -2.34. The van der Waals surface area contributed by atoms with Crippen LogP contribution in [0.2, 0.25) is 0 Å². The van der Waals surface area contributed by atoms with Crippen LogP contribution in [0, 0.1) is 17.2 Å². The van der Waals surface area contributed by atoms with Crippen molar-refractivity contribution in [3.05, 3.63) is 29.8 Å². The average Bonchev–Trinajstić information content (AvgIpc) is 2.55. The Kier molecular flexibility index (Phi) is 4.94. The predicted molar refractivity (Wildman–Crippen MR) is 74.7 cm³/mol. The number of halogens is 2. The first-order valence-corrected chi connectivity index (χ1v) is 6.99. The van der Waals surface area contributed by atoms with E-state index in [1.807, 2.05) is 0 Å². The fraction of sp³-hybridized carbons (Fsp3) is 0.438. The Bertz CT molecular complexity index is 630. The van der Waals surface area contributed by atoms with E-state index < -0.39 is 23.9 Å². The highest BCUT2D eigenvalue weighted by Gasteiger charge is 2.45. The molecule has 2 rings (SSSR count). The van der Waals surface area contributed by atoms with Gasteiger partial charge in [0.15, 0.2) is 0 Å². The summed E-state index contributed by atoms with van der Waals surface area (Å²) in [6.45, 7) is -2.93. The summed E-state index contributed by atoms with van der Waals surface area (Å²) in [4.78, 5) is 23.6. The molecule has 23 heavy (non-hydrogen) atoms. The third-order valence-electron chi connectivity index (χ3n) is 4.07. The maximum atomic E-state index is 12.2. The van der Waals surface area contributed by atoms with Gasteiger partial charge in [-0.3, -0.25) is 9.59 Å². The van der Waals surface area contributed by atoms with E-state index in [9.17, 15) is 23.6 Å². The first kappa shape index (κ1) is 16.9. The molecule has 0 bridgehead atoms. The molecule has 1 aliphatic carbocycles. The molecular formula is C16H15F2NO4. The van der Waals surface area contributed by atoms with Gasteiger partial charge in [0.1, 0.15) is 17.5 Å². The first-order chi connectivity index (χ1) is 10.9. The molecule has 1 fully saturated rings. The molecule has 0 spiro atoms. The lowest BCUT2D eigenvalue weighted by molar-refractivity contribution is -0.151. The smallest absolute Gasteiger partial charge is 0.387 e. The molecule has 0 amide bonds. The number of hydrogen-bond acceptors (Lipinski definition) is 5. The van der Waals surface area contributed by atoms with Crippen LogP contribution in [0.25, 0.3) is 0 Å². The number of benzene rings is 1. The van der Waals surface area contributed by atoms with Crippen molar-refractivity contribution in [2.45, 2.75) is 31.3 Å². The van der Waals surface area contributed by atoms with Gasteiger partial charge >= 0.3 is 12.6 Å². The molecule has 2 atom stereocenters. The Morgan fingerprint density at radius 2 is 2.04 bits per heavy atom. The SMILES string of the molecule is COC(=O)C1CC(C#N)(c2ccc(OC(F)F)cc2)CCC1=O. The van der Waals surface area contributed by atoms with Crippen molar-refractivity contribution in [2.75, 3.05) is 7.11 Å². The number of hydrogen-bond donors (Lipinski definition) is 0. The number of nitriles is 1. The van der Waals surface area contributed by atoms with Crippen molar-refractivity contribution < 1.29 is 27.8 Å². The van der Waals surface area contributed by atoms with E-state index in [4.69, 9.17) is 0 Å². The highest BCUT2D eigenvalue weighted by molar-refractivity contribution is 6.00. The van der Waals surface area contributed by atoms with Crippen molar-refractivity contribution in [1.29, 1.82) is 5.26 Å². The topological polar surface area (TPSA) is 76.4 Å². The molecule has 0 heterocycles. The fourth-order valence-corrected chi connectivity index (χ4v) is 2.82. The zero-order chi connectivity index (χ0) is 17.0. The van der Waals surface area contributed by atoms with E-state index in [1.54, 1.807) is 0 Å². The molecule has 0 N–H and O–H groups in total. The number of nitrogens with zero attached hydrogens (tertiary/aromatic N) is 1. The molecule has 2 unspecified atom stereocenters. The molecule has 1 aromatic rings. The Morgan fingerprint density at radius 1 is 1.39 bits per heavy atom. The highest BCUT2D eigenvalue weighted by atomic mass is 19.3. The maximum absolute atomic E-state index is 12.2. The van der Waals surface area contributed by atoms with Crippen molar-refractivity contribution in [2.24, 2.45) is 5.92 Å². The molecule has 5 nitrogen and oxygen atoms in total. The van der Waals surface area contributed by atoms with Crippen molar-refractivity contribution in [1.82, 2.24) is 0 Å². The predicted octanol–water partition coefficient (Wildman–Crippen LogP) is 2.59. The van der Waals surface area contributed by atoms with Crippen LogP contribution in [-0.4, -0.2) is 25.5 Å². The fourth-order valence-electron chi connectivity index (χ4n) is 2.82. The van der Waals surface area contributed by atoms with Crippen molar-refractivity contribution in [3.8, 4) is 11.8 Å². The van der Waals surface area contributed by atoms with Crippen LogP contribution >= 0.6 is 0 Å². The van der Waals surface area contributed by atoms with E-state index in [-0.39, 0.29) is 30.8 Å². The van der Waals surface area contributed by atoms with Gasteiger partial charge in [0.05, 0.1) is 18.6 Å². The summed E-state index contributed by atoms with van der Waals surface area (Å²) in [5.74, 6) is -1.91. The van der Waals surface area contributed by atoms with Crippen molar-refractivity contribution in [3.63, 3.8) is 0 Å². The van der Waals surface area contributed by atoms with Gasteiger partial charge in [-0.05, 0) is 30.5 Å². The number of alkyl halides is 2. The number of rotatable bonds is 4. The van der Waals surface area contributed by atoms with E-state index in [2.05, 4.69) is 15.5 Å². The second kappa shape index (κ2) is 6.73. The van der Waals surface area contributed by atoms with E-state index in [0.717, 1.165) is 0 Å². The second-order valence-corrected chi connectivity index (χ2v) is 5.34. The molecular weight excluding hydrogens is 308 g/mol. The van der Waals surface area contributed by atoms with Crippen LogP contribution in [-0.2, 0) is 19.7 Å². The number of ether oxygens (including phenoxy) is 2. The summed E-state index contributed by atoms with van der Waals surface area (Å²) >= 11 is 0. The Balaban J connectivity index is 2.28. The first-order valence-electron chi connectivity index (χ1n) is 6.99. The summed E-state index contributed by atoms with van der Waals surface area (Å²) in [5.41, 5.74) is -0.473. The minimum Gasteiger partial charge on any atom is -0.468 e. The summed E-state index contributed by atoms with van der Waals surface area (Å²) in [6, 6.07) is 7.86. The number of methoxy groups -OCH3 is 1. The minimum atomic E-state index is -2.93. The molecule has 122 valence electrons. The van der Waals surface area contributed by atoms with Crippen LogP contribution < -0.4 is 4.74 Å². The third kappa shape index (κ3) is 3.47. The number of carbonyl (C=O) groups is 2. The zero-order valence-corrected chi connectivity index (χ0v) is 12.4. The second-order valence-electron chi connectivity index (χ2n) is 5.34. The normalized spacial score (nSPS) is 24.1. The largest absolute Gasteiger partial charge is 0.468 e. The molecule has 1 saturated carbocycles. The van der Waals surface area contributed by atoms with Crippen LogP contribution in [0.4, 0.5) is 8.78 Å². The quantitative estimate of drug-likeness (QED) is 0.629. The molecule has 1 aromatic carbocycles. The van der Waals surface area contributed by atoms with Crippen LogP contribution in [0.3, 0.4) is 0 Å². The van der Waals surface area contributed by atoms with Gasteiger partial charge in [-0.2, -0.15) is 14.0 Å². The Labute approximate surface area is 131 Å². The average molecular weight is 323 g/mol. The number of Topliss-reactive ketones (excluding diaryl/α,β-unsaturated/α-hetero) is 1. The summed E-state index contributed by atoms with van der Waals surface area (Å²) in [6.07, 6.45) is 0.373. The molecule has 0 aliphatic heterocycles. The van der Waals surface area contributed by atoms with E-state index >= 15 is 0 Å². The van der Waals surface area contributed by atoms with Gasteiger partial charge in [-0.25, -0.2) is 0 Å². The van der Waals surface area contributed by atoms with Gasteiger partial charge in [0.2, 0.25) is 0 Å². The van der Waals surface area contributed by atoms with Crippen LogP contribution in [0.5, 0.6) is 5.75 Å². The Hall–Kier alpha value is -2.49. The van der Waals surface area contributed by atoms with Gasteiger partial charge in [0, 0.05) is 6.42 Å². The van der Waals surface area contributed by atoms with Gasteiger partial charge in [-0.15, -0.1) is 0 Å². The number of esters is 1. The lowest BCUT2D eigenvalue weighted by atomic mass is 9.66. The van der Waals surface area contributed by atoms with Gasteiger partial charge in [0.25, 0.3) is 0 Å². The number of carbonyl (C=O) groups excluding carboxylic acids is 2. The van der Waals surface area contributed by atoms with Crippen molar-refractivity contribution >= 4 is 11.8 Å². The van der Waals surface area contributed by atoms with Gasteiger partial charge < -0.3 is 9.47 Å². The Morgan fingerprint density at radius 3 is 2.57 bits per heavy atom. The zero-order valence-electron chi connectivity index (χ0n) is 12.4. The highest BCUT2D eigenvalue weighted by Crippen LogP contribution is 2.41. The monoisotopic (exact) mass is 323 g/mol. The summed E-state index contributed by atoms with van der Waals surface area (Å²) in [7, 11) is 1.19. The molecule has 0 aromatic heterocycles. The van der Waals surface area contributed by atoms with Crippen LogP contribution in [0.1, 0.15) is 24.8 Å². The van der Waals surface area contributed by atoms with Crippen LogP contribution in [0.15, 0.2) is 24.3 Å². The number of ketones is 1. The molecule has 1 aliphatic rings. The lowest BCUT2D eigenvalue weighted by Crippen LogP contribution is -2.40. The van der Waals surface area contributed by atoms with Gasteiger partial charge in [-0.1, -0.05) is 12.1 Å². The standard InChI is InChI=1S/C16H15F2NO4/c1-22-14(21)12-8-16(9-19,7-6-13(12)20)10-2-4-11(5-3-10)23-15(17)18/h2-5,12,15H,6-8H2,1H3. The third-order valence-corrected chi connectivity index (χ3v) is 4.07. The molecule has 0 radical (unpaired) electrons.